The van der Waals surface area contributed by atoms with E-state index in [1.54, 1.807) is 14.2 Å². The summed E-state index contributed by atoms with van der Waals surface area (Å²) in [5.74, 6) is 1.03. The molecule has 1 amide bonds. The normalized spacial score (nSPS) is 16.0. The molecule has 0 radical (unpaired) electrons. The van der Waals surface area contributed by atoms with Gasteiger partial charge in [-0.1, -0.05) is 18.2 Å². The summed E-state index contributed by atoms with van der Waals surface area (Å²) in [6.45, 7) is 2.51. The Bertz CT molecular complexity index is 457. The van der Waals surface area contributed by atoms with Gasteiger partial charge in [0.1, 0.15) is 5.75 Å². The van der Waals surface area contributed by atoms with Crippen LogP contribution in [0.1, 0.15) is 18.4 Å². The number of hydrogen-bond donors (Lipinski definition) is 1. The number of piperidine rings is 1. The number of hydrogen-bond acceptors (Lipinski definition) is 4. The van der Waals surface area contributed by atoms with Crippen LogP contribution in [0.3, 0.4) is 0 Å². The largest absolute Gasteiger partial charge is 0.496 e. The lowest BCUT2D eigenvalue weighted by atomic mass is 10.1. The van der Waals surface area contributed by atoms with Crippen molar-refractivity contribution in [1.29, 1.82) is 0 Å². The molecule has 0 aliphatic carbocycles. The Labute approximate surface area is 126 Å². The number of methoxy groups -OCH3 is 1. The lowest BCUT2D eigenvalue weighted by molar-refractivity contribution is -0.132. The number of carbonyl (C=O) groups is 1. The second kappa shape index (κ2) is 8.00. The molecule has 0 bridgehead atoms. The minimum atomic E-state index is 0.167. The Morgan fingerprint density at radius 1 is 1.33 bits per heavy atom. The van der Waals surface area contributed by atoms with Crippen molar-refractivity contribution in [1.82, 2.24) is 10.2 Å². The van der Waals surface area contributed by atoms with Gasteiger partial charge in [-0.05, 0) is 26.0 Å². The first-order chi connectivity index (χ1) is 10.2. The number of para-hydroxylation sites is 1. The zero-order valence-corrected chi connectivity index (χ0v) is 12.8. The number of nitrogens with one attached hydrogen (secondary N) is 1. The van der Waals surface area contributed by atoms with Crippen LogP contribution >= 0.6 is 0 Å². The standard InChI is InChI=1S/C16H24N2O3/c1-17-11-16(19)18-9-7-14(8-10-18)21-12-13-5-3-4-6-15(13)20-2/h3-6,14,17H,7-12H2,1-2H3. The first-order valence-corrected chi connectivity index (χ1v) is 7.40. The summed E-state index contributed by atoms with van der Waals surface area (Å²) in [7, 11) is 3.46. The predicted octanol–water partition coefficient (Wildman–Crippen LogP) is 1.42. The van der Waals surface area contributed by atoms with E-state index < -0.39 is 0 Å². The lowest BCUT2D eigenvalue weighted by Crippen LogP contribution is -2.44. The first-order valence-electron chi connectivity index (χ1n) is 7.40. The van der Waals surface area contributed by atoms with E-state index in [1.165, 1.54) is 0 Å². The average molecular weight is 292 g/mol. The van der Waals surface area contributed by atoms with E-state index in [-0.39, 0.29) is 12.0 Å². The van der Waals surface area contributed by atoms with Crippen LogP contribution in [-0.2, 0) is 16.1 Å². The molecule has 2 rings (SSSR count). The van der Waals surface area contributed by atoms with E-state index in [4.69, 9.17) is 9.47 Å². The van der Waals surface area contributed by atoms with Crippen LogP contribution in [0.15, 0.2) is 24.3 Å². The van der Waals surface area contributed by atoms with Crippen molar-refractivity contribution < 1.29 is 14.3 Å². The first kappa shape index (κ1) is 15.8. The number of ether oxygens (including phenoxy) is 2. The van der Waals surface area contributed by atoms with Crippen LogP contribution in [0.4, 0.5) is 0 Å². The molecule has 1 N–H and O–H groups in total. The number of likely N-dealkylation sites (tertiary alicyclic amines) is 1. The van der Waals surface area contributed by atoms with E-state index >= 15 is 0 Å². The number of carbonyl (C=O) groups excluding carboxylic acids is 1. The molecule has 0 spiro atoms. The molecule has 0 saturated carbocycles. The molecule has 1 aromatic carbocycles. The Kier molecular flexibility index (Phi) is 6.02. The highest BCUT2D eigenvalue weighted by molar-refractivity contribution is 5.78. The molecule has 1 aliphatic heterocycles. The summed E-state index contributed by atoms with van der Waals surface area (Å²) in [6, 6.07) is 7.90. The average Bonchev–Trinajstić information content (AvgIpc) is 2.54. The van der Waals surface area contributed by atoms with Crippen molar-refractivity contribution in [2.45, 2.75) is 25.6 Å². The molecule has 0 atom stereocenters. The number of benzene rings is 1. The van der Waals surface area contributed by atoms with Crippen molar-refractivity contribution in [3.05, 3.63) is 29.8 Å². The van der Waals surface area contributed by atoms with Gasteiger partial charge in [0, 0.05) is 18.7 Å². The third-order valence-electron chi connectivity index (χ3n) is 3.79. The van der Waals surface area contributed by atoms with Crippen molar-refractivity contribution in [3.63, 3.8) is 0 Å². The smallest absolute Gasteiger partial charge is 0.236 e. The van der Waals surface area contributed by atoms with Crippen LogP contribution < -0.4 is 10.1 Å². The molecular formula is C16H24N2O3. The van der Waals surface area contributed by atoms with Gasteiger partial charge in [-0.3, -0.25) is 4.79 Å². The molecule has 5 heteroatoms. The second-order valence-electron chi connectivity index (χ2n) is 5.23. The maximum atomic E-state index is 11.8. The summed E-state index contributed by atoms with van der Waals surface area (Å²) >= 11 is 0. The molecule has 1 aliphatic rings. The summed E-state index contributed by atoms with van der Waals surface area (Å²) in [6.07, 6.45) is 2.00. The molecule has 1 aromatic rings. The highest BCUT2D eigenvalue weighted by Gasteiger charge is 2.22. The van der Waals surface area contributed by atoms with Gasteiger partial charge < -0.3 is 19.7 Å². The third-order valence-corrected chi connectivity index (χ3v) is 3.79. The van der Waals surface area contributed by atoms with Gasteiger partial charge in [0.2, 0.25) is 5.91 Å². The Morgan fingerprint density at radius 2 is 2.05 bits per heavy atom. The van der Waals surface area contributed by atoms with Gasteiger partial charge in [-0.25, -0.2) is 0 Å². The van der Waals surface area contributed by atoms with E-state index in [9.17, 15) is 4.79 Å². The molecule has 0 unspecified atom stereocenters. The van der Waals surface area contributed by atoms with E-state index in [0.29, 0.717) is 13.2 Å². The number of likely N-dealkylation sites (N-methyl/N-ethyl adjacent to an activating group) is 1. The van der Waals surface area contributed by atoms with Crippen LogP contribution in [0.2, 0.25) is 0 Å². The molecule has 21 heavy (non-hydrogen) atoms. The maximum Gasteiger partial charge on any atom is 0.236 e. The fourth-order valence-electron chi connectivity index (χ4n) is 2.56. The number of nitrogens with zero attached hydrogens (tertiary/aromatic N) is 1. The predicted molar refractivity (Wildman–Crippen MR) is 81.3 cm³/mol. The molecule has 1 fully saturated rings. The Hall–Kier alpha value is -1.59. The molecule has 1 saturated heterocycles. The number of amides is 1. The van der Waals surface area contributed by atoms with Gasteiger partial charge >= 0.3 is 0 Å². The molecular weight excluding hydrogens is 268 g/mol. The van der Waals surface area contributed by atoms with Crippen LogP contribution in [-0.4, -0.2) is 50.7 Å². The monoisotopic (exact) mass is 292 g/mol. The van der Waals surface area contributed by atoms with Crippen LogP contribution in [0.25, 0.3) is 0 Å². The molecule has 116 valence electrons. The van der Waals surface area contributed by atoms with Gasteiger partial charge in [0.15, 0.2) is 0 Å². The SMILES string of the molecule is CNCC(=O)N1CCC(OCc2ccccc2OC)CC1. The van der Waals surface area contributed by atoms with Gasteiger partial charge in [-0.15, -0.1) is 0 Å². The molecule has 5 nitrogen and oxygen atoms in total. The summed E-state index contributed by atoms with van der Waals surface area (Å²) in [4.78, 5) is 13.7. The molecule has 1 heterocycles. The van der Waals surface area contributed by atoms with Crippen molar-refractivity contribution in [2.24, 2.45) is 0 Å². The summed E-state index contributed by atoms with van der Waals surface area (Å²) in [5.41, 5.74) is 1.06. The van der Waals surface area contributed by atoms with E-state index in [2.05, 4.69) is 5.32 Å². The van der Waals surface area contributed by atoms with Gasteiger partial charge in [-0.2, -0.15) is 0 Å². The zero-order valence-electron chi connectivity index (χ0n) is 12.8. The topological polar surface area (TPSA) is 50.8 Å². The zero-order chi connectivity index (χ0) is 15.1. The Balaban J connectivity index is 1.77. The fourth-order valence-corrected chi connectivity index (χ4v) is 2.56. The minimum absolute atomic E-state index is 0.167. The lowest BCUT2D eigenvalue weighted by Gasteiger charge is -2.32. The van der Waals surface area contributed by atoms with Crippen molar-refractivity contribution in [2.75, 3.05) is 33.8 Å². The van der Waals surface area contributed by atoms with Crippen LogP contribution in [0.5, 0.6) is 5.75 Å². The minimum Gasteiger partial charge on any atom is -0.496 e. The van der Waals surface area contributed by atoms with Crippen molar-refractivity contribution >= 4 is 5.91 Å². The number of rotatable bonds is 6. The van der Waals surface area contributed by atoms with E-state index in [1.807, 2.05) is 29.2 Å². The maximum absolute atomic E-state index is 11.8. The second-order valence-corrected chi connectivity index (χ2v) is 5.23. The highest BCUT2D eigenvalue weighted by atomic mass is 16.5. The summed E-state index contributed by atoms with van der Waals surface area (Å²) < 4.78 is 11.3. The van der Waals surface area contributed by atoms with E-state index in [0.717, 1.165) is 37.2 Å². The highest BCUT2D eigenvalue weighted by Crippen LogP contribution is 2.21. The van der Waals surface area contributed by atoms with Gasteiger partial charge in [0.05, 0.1) is 26.4 Å². The summed E-state index contributed by atoms with van der Waals surface area (Å²) in [5, 5.41) is 2.90. The Morgan fingerprint density at radius 3 is 2.71 bits per heavy atom. The van der Waals surface area contributed by atoms with Crippen molar-refractivity contribution in [3.8, 4) is 5.75 Å². The van der Waals surface area contributed by atoms with Gasteiger partial charge in [0.25, 0.3) is 0 Å². The third kappa shape index (κ3) is 4.44. The van der Waals surface area contributed by atoms with Crippen LogP contribution in [0, 0.1) is 0 Å². The fraction of sp³-hybridized carbons (Fsp3) is 0.562. The molecule has 0 aromatic heterocycles. The quantitative estimate of drug-likeness (QED) is 0.861.